The molecule has 1 saturated heterocycles. The van der Waals surface area contributed by atoms with Crippen LogP contribution >= 0.6 is 15.9 Å². The maximum Gasteiger partial charge on any atom is 0.250 e. The van der Waals surface area contributed by atoms with Crippen molar-refractivity contribution in [2.45, 2.75) is 0 Å². The molecule has 3 rings (SSSR count). The smallest absolute Gasteiger partial charge is 0.250 e. The molecule has 1 aliphatic heterocycles. The van der Waals surface area contributed by atoms with Gasteiger partial charge in [-0.2, -0.15) is 20.1 Å². The van der Waals surface area contributed by atoms with Crippen LogP contribution in [0, 0.1) is 0 Å². The first-order chi connectivity index (χ1) is 13.1. The zero-order valence-corrected chi connectivity index (χ0v) is 16.9. The monoisotopic (exact) mass is 431 g/mol. The van der Waals surface area contributed by atoms with E-state index in [1.54, 1.807) is 6.21 Å². The van der Waals surface area contributed by atoms with Crippen molar-refractivity contribution < 1.29 is 4.74 Å². The summed E-state index contributed by atoms with van der Waals surface area (Å²) in [5.41, 5.74) is 3.97. The summed E-state index contributed by atoms with van der Waals surface area (Å²) in [6.45, 7) is 2.85. The predicted octanol–water partition coefficient (Wildman–Crippen LogP) is 2.61. The number of nitrogens with one attached hydrogen (secondary N) is 1. The van der Waals surface area contributed by atoms with Gasteiger partial charge in [0.1, 0.15) is 0 Å². The van der Waals surface area contributed by atoms with Gasteiger partial charge >= 0.3 is 0 Å². The Kier molecular flexibility index (Phi) is 6.72. The molecule has 1 aromatic heterocycles. The molecule has 2 heterocycles. The van der Waals surface area contributed by atoms with Crippen molar-refractivity contribution in [2.24, 2.45) is 5.10 Å². The number of hydrogen-bond donors (Lipinski definition) is 1. The fourth-order valence-electron chi connectivity index (χ4n) is 2.41. The van der Waals surface area contributed by atoms with Crippen LogP contribution in [0.15, 0.2) is 39.9 Å². The SMILES string of the molecule is CN(C)c1nc(N/N=C\C(Br)=C\c2ccccc2)nc(N2CCOCC2)n1. The lowest BCUT2D eigenvalue weighted by molar-refractivity contribution is 0.122. The van der Waals surface area contributed by atoms with Crippen LogP contribution in [0.3, 0.4) is 0 Å². The maximum atomic E-state index is 5.40. The van der Waals surface area contributed by atoms with Crippen molar-refractivity contribution in [1.82, 2.24) is 15.0 Å². The molecule has 1 aromatic carbocycles. The first-order valence-electron chi connectivity index (χ1n) is 8.59. The van der Waals surface area contributed by atoms with Crippen molar-refractivity contribution in [1.29, 1.82) is 0 Å². The van der Waals surface area contributed by atoms with E-state index in [0.29, 0.717) is 31.1 Å². The molecule has 2 aromatic rings. The zero-order valence-electron chi connectivity index (χ0n) is 15.3. The van der Waals surface area contributed by atoms with Gasteiger partial charge in [-0.1, -0.05) is 30.3 Å². The summed E-state index contributed by atoms with van der Waals surface area (Å²) in [4.78, 5) is 17.3. The minimum atomic E-state index is 0.395. The molecular formula is C18H22BrN7O. The number of anilines is 3. The van der Waals surface area contributed by atoms with Crippen LogP contribution in [0.2, 0.25) is 0 Å². The highest BCUT2D eigenvalue weighted by atomic mass is 79.9. The average Bonchev–Trinajstić information content (AvgIpc) is 2.69. The molecule has 0 radical (unpaired) electrons. The molecule has 0 unspecified atom stereocenters. The first-order valence-corrected chi connectivity index (χ1v) is 9.38. The Morgan fingerprint density at radius 1 is 1.19 bits per heavy atom. The summed E-state index contributed by atoms with van der Waals surface area (Å²) in [5.74, 6) is 1.59. The summed E-state index contributed by atoms with van der Waals surface area (Å²) >= 11 is 3.49. The molecule has 0 saturated carbocycles. The second-order valence-electron chi connectivity index (χ2n) is 6.06. The number of rotatable bonds is 6. The average molecular weight is 432 g/mol. The third-order valence-electron chi connectivity index (χ3n) is 3.76. The summed E-state index contributed by atoms with van der Waals surface area (Å²) in [6.07, 6.45) is 3.64. The van der Waals surface area contributed by atoms with E-state index in [1.807, 2.05) is 55.4 Å². The highest BCUT2D eigenvalue weighted by Crippen LogP contribution is 2.16. The van der Waals surface area contributed by atoms with Crippen molar-refractivity contribution in [2.75, 3.05) is 55.6 Å². The Bertz CT molecular complexity index is 805. The Labute approximate surface area is 167 Å². The van der Waals surface area contributed by atoms with E-state index in [4.69, 9.17) is 4.74 Å². The summed E-state index contributed by atoms with van der Waals surface area (Å²) < 4.78 is 6.23. The van der Waals surface area contributed by atoms with E-state index in [-0.39, 0.29) is 0 Å². The van der Waals surface area contributed by atoms with E-state index < -0.39 is 0 Å². The van der Waals surface area contributed by atoms with Gasteiger partial charge in [-0.3, -0.25) is 0 Å². The Morgan fingerprint density at radius 2 is 1.93 bits per heavy atom. The normalized spacial score (nSPS) is 15.2. The van der Waals surface area contributed by atoms with E-state index in [9.17, 15) is 0 Å². The van der Waals surface area contributed by atoms with Crippen LogP contribution in [0.4, 0.5) is 17.8 Å². The van der Waals surface area contributed by atoms with Gasteiger partial charge < -0.3 is 14.5 Å². The molecule has 27 heavy (non-hydrogen) atoms. The van der Waals surface area contributed by atoms with Crippen LogP contribution in [-0.2, 0) is 4.74 Å². The molecule has 1 N–H and O–H groups in total. The number of benzene rings is 1. The van der Waals surface area contributed by atoms with Gasteiger partial charge in [0.2, 0.25) is 17.8 Å². The molecule has 142 valence electrons. The van der Waals surface area contributed by atoms with Crippen LogP contribution in [0.5, 0.6) is 0 Å². The minimum absolute atomic E-state index is 0.395. The Balaban J connectivity index is 1.73. The molecule has 1 aliphatic rings. The van der Waals surface area contributed by atoms with E-state index >= 15 is 0 Å². The van der Waals surface area contributed by atoms with Crippen molar-refractivity contribution in [3.8, 4) is 0 Å². The lowest BCUT2D eigenvalue weighted by atomic mass is 10.2. The van der Waals surface area contributed by atoms with Crippen LogP contribution < -0.4 is 15.2 Å². The highest BCUT2D eigenvalue weighted by Gasteiger charge is 2.17. The van der Waals surface area contributed by atoms with E-state index in [0.717, 1.165) is 23.1 Å². The van der Waals surface area contributed by atoms with E-state index in [2.05, 4.69) is 46.3 Å². The number of hydrogen-bond acceptors (Lipinski definition) is 8. The largest absolute Gasteiger partial charge is 0.378 e. The second kappa shape index (κ2) is 9.43. The van der Waals surface area contributed by atoms with Crippen molar-refractivity contribution >= 4 is 46.1 Å². The number of morpholine rings is 1. The molecular weight excluding hydrogens is 410 g/mol. The van der Waals surface area contributed by atoms with Crippen LogP contribution in [0.1, 0.15) is 5.56 Å². The van der Waals surface area contributed by atoms with Gasteiger partial charge in [0.05, 0.1) is 19.4 Å². The number of hydrazone groups is 1. The van der Waals surface area contributed by atoms with Gasteiger partial charge in [0, 0.05) is 31.7 Å². The summed E-state index contributed by atoms with van der Waals surface area (Å²) in [6, 6.07) is 10.00. The molecule has 0 aliphatic carbocycles. The van der Waals surface area contributed by atoms with Gasteiger partial charge in [-0.05, 0) is 27.6 Å². The van der Waals surface area contributed by atoms with Gasteiger partial charge in [-0.25, -0.2) is 5.43 Å². The first kappa shape index (κ1) is 19.2. The second-order valence-corrected chi connectivity index (χ2v) is 6.98. The molecule has 9 heteroatoms. The topological polar surface area (TPSA) is 78.8 Å². The number of halogens is 1. The number of ether oxygens (including phenoxy) is 1. The summed E-state index contributed by atoms with van der Waals surface area (Å²) in [5, 5.41) is 4.22. The molecule has 0 bridgehead atoms. The number of aromatic nitrogens is 3. The number of allylic oxidation sites excluding steroid dienone is 1. The van der Waals surface area contributed by atoms with Gasteiger partial charge in [0.15, 0.2) is 0 Å². The van der Waals surface area contributed by atoms with Crippen molar-refractivity contribution in [3.63, 3.8) is 0 Å². The highest BCUT2D eigenvalue weighted by molar-refractivity contribution is 9.12. The van der Waals surface area contributed by atoms with E-state index in [1.165, 1.54) is 0 Å². The standard InChI is InChI=1S/C18H22BrN7O/c1-25(2)17-21-16(22-18(23-17)26-8-10-27-11-9-26)24-20-13-15(19)12-14-6-4-3-5-7-14/h3-7,12-13H,8-11H2,1-2H3,(H,21,22,23,24)/b15-12-,20-13-. The molecule has 0 spiro atoms. The number of nitrogens with zero attached hydrogens (tertiary/aromatic N) is 6. The molecule has 1 fully saturated rings. The lowest BCUT2D eigenvalue weighted by Gasteiger charge is -2.27. The lowest BCUT2D eigenvalue weighted by Crippen LogP contribution is -2.37. The molecule has 0 amide bonds. The quantitative estimate of drug-likeness (QED) is 0.555. The predicted molar refractivity (Wildman–Crippen MR) is 113 cm³/mol. The van der Waals surface area contributed by atoms with Crippen molar-refractivity contribution in [3.05, 3.63) is 40.4 Å². The fraction of sp³-hybridized carbons (Fsp3) is 0.333. The minimum Gasteiger partial charge on any atom is -0.378 e. The molecule has 8 nitrogen and oxygen atoms in total. The third-order valence-corrected chi connectivity index (χ3v) is 4.20. The Hall–Kier alpha value is -2.52. The summed E-state index contributed by atoms with van der Waals surface area (Å²) in [7, 11) is 3.79. The van der Waals surface area contributed by atoms with Gasteiger partial charge in [-0.15, -0.1) is 0 Å². The Morgan fingerprint density at radius 3 is 2.63 bits per heavy atom. The zero-order chi connectivity index (χ0) is 19.1. The molecule has 0 atom stereocenters. The van der Waals surface area contributed by atoms with Gasteiger partial charge in [0.25, 0.3) is 0 Å². The third kappa shape index (κ3) is 5.73. The fourth-order valence-corrected chi connectivity index (χ4v) is 2.77. The maximum absolute atomic E-state index is 5.40. The van der Waals surface area contributed by atoms with Crippen LogP contribution in [-0.4, -0.2) is 61.6 Å². The van der Waals surface area contributed by atoms with Crippen LogP contribution in [0.25, 0.3) is 6.08 Å².